The Hall–Kier alpha value is -2.81. The van der Waals surface area contributed by atoms with E-state index in [1.165, 1.54) is 11.1 Å². The minimum absolute atomic E-state index is 0.415. The lowest BCUT2D eigenvalue weighted by molar-refractivity contribution is 0.201. The molecule has 24 heavy (non-hydrogen) atoms. The molecule has 0 spiro atoms. The average Bonchev–Trinajstić information content (AvgIpc) is 2.58. The first kappa shape index (κ1) is 16.1. The molecule has 0 saturated heterocycles. The molecule has 0 aliphatic carbocycles. The molecule has 0 heterocycles. The Kier molecular flexibility index (Phi) is 4.80. The Morgan fingerprint density at radius 3 is 2.67 bits per heavy atom. The van der Waals surface area contributed by atoms with Crippen molar-refractivity contribution < 1.29 is 9.53 Å². The Bertz CT molecular complexity index is 871. The van der Waals surface area contributed by atoms with Crippen LogP contribution in [0.3, 0.4) is 0 Å². The van der Waals surface area contributed by atoms with Gasteiger partial charge in [-0.2, -0.15) is 0 Å². The van der Waals surface area contributed by atoms with Crippen LogP contribution >= 0.6 is 0 Å². The first-order valence-corrected chi connectivity index (χ1v) is 8.13. The number of fused-ring (bicyclic) bond motifs is 1. The van der Waals surface area contributed by atoms with Crippen molar-refractivity contribution in [3.05, 3.63) is 77.4 Å². The summed E-state index contributed by atoms with van der Waals surface area (Å²) in [5, 5.41) is 4.84. The monoisotopic (exact) mass is 319 g/mol. The first-order chi connectivity index (χ1) is 11.6. The molecule has 3 aromatic rings. The summed E-state index contributed by atoms with van der Waals surface area (Å²) >= 11 is 0. The number of ether oxygens (including phenoxy) is 1. The number of benzene rings is 3. The van der Waals surface area contributed by atoms with Gasteiger partial charge in [0, 0.05) is 11.9 Å². The zero-order chi connectivity index (χ0) is 16.9. The van der Waals surface area contributed by atoms with Crippen LogP contribution in [0.4, 0.5) is 4.79 Å². The molecule has 0 radical (unpaired) electrons. The topological polar surface area (TPSA) is 38.3 Å². The fraction of sp³-hybridized carbons (Fsp3) is 0.190. The van der Waals surface area contributed by atoms with Gasteiger partial charge in [-0.25, -0.2) is 4.79 Å². The summed E-state index contributed by atoms with van der Waals surface area (Å²) in [5.74, 6) is 0.626. The molecule has 0 aliphatic rings. The van der Waals surface area contributed by atoms with Gasteiger partial charge in [-0.05, 0) is 36.8 Å². The van der Waals surface area contributed by atoms with Gasteiger partial charge in [-0.3, -0.25) is 0 Å². The smallest absolute Gasteiger partial charge is 0.409 e. The van der Waals surface area contributed by atoms with E-state index in [1.54, 1.807) is 0 Å². The maximum absolute atomic E-state index is 12.1. The van der Waals surface area contributed by atoms with E-state index in [0.29, 0.717) is 12.3 Å². The number of carbonyl (C=O) groups is 1. The molecule has 0 bridgehead atoms. The van der Waals surface area contributed by atoms with Crippen LogP contribution in [-0.2, 0) is 6.42 Å². The molecular formula is C21H21NO2. The Morgan fingerprint density at radius 1 is 1.00 bits per heavy atom. The van der Waals surface area contributed by atoms with Gasteiger partial charge in [0.15, 0.2) is 0 Å². The van der Waals surface area contributed by atoms with Crippen LogP contribution in [0.25, 0.3) is 10.8 Å². The third kappa shape index (κ3) is 3.74. The van der Waals surface area contributed by atoms with Crippen LogP contribution in [0.5, 0.6) is 5.75 Å². The van der Waals surface area contributed by atoms with E-state index in [9.17, 15) is 4.79 Å². The highest BCUT2D eigenvalue weighted by atomic mass is 16.6. The molecule has 122 valence electrons. The highest BCUT2D eigenvalue weighted by Crippen LogP contribution is 2.29. The van der Waals surface area contributed by atoms with Gasteiger partial charge < -0.3 is 10.1 Å². The van der Waals surface area contributed by atoms with E-state index in [4.69, 9.17) is 4.74 Å². The normalized spacial score (nSPS) is 10.6. The predicted molar refractivity (Wildman–Crippen MR) is 97.6 cm³/mol. The van der Waals surface area contributed by atoms with E-state index in [1.807, 2.05) is 49.4 Å². The van der Waals surface area contributed by atoms with Crippen LogP contribution < -0.4 is 10.1 Å². The van der Waals surface area contributed by atoms with Gasteiger partial charge >= 0.3 is 6.09 Å². The third-order valence-corrected chi connectivity index (χ3v) is 4.04. The van der Waals surface area contributed by atoms with Crippen molar-refractivity contribution >= 4 is 16.9 Å². The molecular weight excluding hydrogens is 298 g/mol. The fourth-order valence-corrected chi connectivity index (χ4v) is 2.79. The standard InChI is InChI=1S/C21H21NO2/c1-15-6-5-7-17(14-15)12-13-22-21(23)24-20-16(2)10-11-18-8-3-4-9-19(18)20/h3-11,14H,12-13H2,1-2H3,(H,22,23). The van der Waals surface area contributed by atoms with Crippen LogP contribution in [0.1, 0.15) is 16.7 Å². The van der Waals surface area contributed by atoms with Crippen LogP contribution in [0.2, 0.25) is 0 Å². The van der Waals surface area contributed by atoms with Gasteiger partial charge in [0.1, 0.15) is 5.75 Å². The van der Waals surface area contributed by atoms with Crippen LogP contribution in [0.15, 0.2) is 60.7 Å². The molecule has 0 atom stereocenters. The molecule has 0 saturated carbocycles. The number of carbonyl (C=O) groups excluding carboxylic acids is 1. The third-order valence-electron chi connectivity index (χ3n) is 4.04. The summed E-state index contributed by atoms with van der Waals surface area (Å²) in [5.41, 5.74) is 3.38. The second-order valence-corrected chi connectivity index (χ2v) is 5.99. The number of hydrogen-bond donors (Lipinski definition) is 1. The predicted octanol–water partition coefficient (Wildman–Crippen LogP) is 4.79. The zero-order valence-corrected chi connectivity index (χ0v) is 14.0. The second kappa shape index (κ2) is 7.18. The Morgan fingerprint density at radius 2 is 1.83 bits per heavy atom. The second-order valence-electron chi connectivity index (χ2n) is 5.99. The highest BCUT2D eigenvalue weighted by Gasteiger charge is 2.10. The first-order valence-electron chi connectivity index (χ1n) is 8.13. The molecule has 0 fully saturated rings. The lowest BCUT2D eigenvalue weighted by Crippen LogP contribution is -2.29. The summed E-state index contributed by atoms with van der Waals surface area (Å²) < 4.78 is 5.57. The van der Waals surface area contributed by atoms with Crippen molar-refractivity contribution in [2.45, 2.75) is 20.3 Å². The highest BCUT2D eigenvalue weighted by molar-refractivity contribution is 5.91. The van der Waals surface area contributed by atoms with E-state index < -0.39 is 6.09 Å². The van der Waals surface area contributed by atoms with Gasteiger partial charge in [-0.1, -0.05) is 66.2 Å². The molecule has 3 heteroatoms. The molecule has 1 N–H and O–H groups in total. The molecule has 0 unspecified atom stereocenters. The molecule has 3 nitrogen and oxygen atoms in total. The van der Waals surface area contributed by atoms with Crippen LogP contribution in [0, 0.1) is 13.8 Å². The van der Waals surface area contributed by atoms with Gasteiger partial charge in [-0.15, -0.1) is 0 Å². The summed E-state index contributed by atoms with van der Waals surface area (Å²) in [7, 11) is 0. The van der Waals surface area contributed by atoms with E-state index >= 15 is 0 Å². The van der Waals surface area contributed by atoms with Gasteiger partial charge in [0.05, 0.1) is 0 Å². The summed E-state index contributed by atoms with van der Waals surface area (Å²) in [6.45, 7) is 4.56. The van der Waals surface area contributed by atoms with Gasteiger partial charge in [0.25, 0.3) is 0 Å². The molecule has 1 amide bonds. The SMILES string of the molecule is Cc1cccc(CCNC(=O)Oc2c(C)ccc3ccccc23)c1. The Labute approximate surface area is 142 Å². The summed E-state index contributed by atoms with van der Waals surface area (Å²) in [6.07, 6.45) is 0.368. The van der Waals surface area contributed by atoms with Crippen molar-refractivity contribution in [3.8, 4) is 5.75 Å². The maximum atomic E-state index is 12.1. The van der Waals surface area contributed by atoms with Crippen LogP contribution in [-0.4, -0.2) is 12.6 Å². The minimum atomic E-state index is -0.415. The van der Waals surface area contributed by atoms with Crippen molar-refractivity contribution in [2.24, 2.45) is 0 Å². The number of amides is 1. The van der Waals surface area contributed by atoms with E-state index in [0.717, 1.165) is 22.8 Å². The van der Waals surface area contributed by atoms with Crippen molar-refractivity contribution in [1.29, 1.82) is 0 Å². The van der Waals surface area contributed by atoms with Gasteiger partial charge in [0.2, 0.25) is 0 Å². The maximum Gasteiger partial charge on any atom is 0.412 e. The summed E-state index contributed by atoms with van der Waals surface area (Å²) in [4.78, 5) is 12.1. The Balaban J connectivity index is 1.64. The van der Waals surface area contributed by atoms with Crippen molar-refractivity contribution in [2.75, 3.05) is 6.54 Å². The van der Waals surface area contributed by atoms with E-state index in [-0.39, 0.29) is 0 Å². The lowest BCUT2D eigenvalue weighted by Gasteiger charge is -2.12. The number of aryl methyl sites for hydroxylation is 2. The summed E-state index contributed by atoms with van der Waals surface area (Å²) in [6, 6.07) is 20.2. The molecule has 3 rings (SSSR count). The van der Waals surface area contributed by atoms with Crippen molar-refractivity contribution in [3.63, 3.8) is 0 Å². The number of rotatable bonds is 4. The lowest BCUT2D eigenvalue weighted by atomic mass is 10.1. The minimum Gasteiger partial charge on any atom is -0.409 e. The average molecular weight is 319 g/mol. The quantitative estimate of drug-likeness (QED) is 0.751. The van der Waals surface area contributed by atoms with E-state index in [2.05, 4.69) is 30.4 Å². The van der Waals surface area contributed by atoms with Crippen molar-refractivity contribution in [1.82, 2.24) is 5.32 Å². The number of hydrogen-bond acceptors (Lipinski definition) is 2. The number of nitrogens with one attached hydrogen (secondary N) is 1. The largest absolute Gasteiger partial charge is 0.412 e. The molecule has 0 aromatic heterocycles. The zero-order valence-electron chi connectivity index (χ0n) is 14.0. The molecule has 3 aromatic carbocycles. The fourth-order valence-electron chi connectivity index (χ4n) is 2.79. The molecule has 0 aliphatic heterocycles.